The first-order valence-corrected chi connectivity index (χ1v) is 6.32. The summed E-state index contributed by atoms with van der Waals surface area (Å²) < 4.78 is 0. The number of aromatic nitrogens is 1. The number of nitrogen functional groups attached to an aromatic ring is 1. The Bertz CT molecular complexity index is 514. The van der Waals surface area contributed by atoms with Crippen LogP contribution in [0.2, 0.25) is 5.15 Å². The largest absolute Gasteiger partial charge is 0.396 e. The predicted molar refractivity (Wildman–Crippen MR) is 76.8 cm³/mol. The fourth-order valence-corrected chi connectivity index (χ4v) is 1.98. The van der Waals surface area contributed by atoms with Crippen LogP contribution in [0.15, 0.2) is 42.5 Å². The number of nitrogens with zero attached hydrogens (tertiary/aromatic N) is 1. The summed E-state index contributed by atoms with van der Waals surface area (Å²) >= 11 is 5.88. The molecule has 2 rings (SSSR count). The molecule has 4 heteroatoms. The van der Waals surface area contributed by atoms with Gasteiger partial charge in [0.25, 0.3) is 0 Å². The van der Waals surface area contributed by atoms with Gasteiger partial charge in [-0.25, -0.2) is 4.98 Å². The first-order valence-electron chi connectivity index (χ1n) is 5.94. The van der Waals surface area contributed by atoms with Crippen molar-refractivity contribution in [2.45, 2.75) is 19.4 Å². The Labute approximate surface area is 112 Å². The van der Waals surface area contributed by atoms with Gasteiger partial charge in [0.15, 0.2) is 5.82 Å². The summed E-state index contributed by atoms with van der Waals surface area (Å²) in [5.41, 5.74) is 7.70. The Morgan fingerprint density at radius 2 is 1.94 bits per heavy atom. The highest BCUT2D eigenvalue weighted by molar-refractivity contribution is 6.29. The minimum Gasteiger partial charge on any atom is -0.396 e. The molecule has 18 heavy (non-hydrogen) atoms. The van der Waals surface area contributed by atoms with Crippen LogP contribution in [0.25, 0.3) is 0 Å². The summed E-state index contributed by atoms with van der Waals surface area (Å²) in [4.78, 5) is 4.22. The SMILES string of the molecule is CCC(Nc1nc(Cl)ccc1N)c1ccccc1. The van der Waals surface area contributed by atoms with Crippen LogP contribution in [0.5, 0.6) is 0 Å². The van der Waals surface area contributed by atoms with Crippen molar-refractivity contribution in [2.24, 2.45) is 0 Å². The lowest BCUT2D eigenvalue weighted by molar-refractivity contribution is 0.745. The van der Waals surface area contributed by atoms with Crippen molar-refractivity contribution in [3.63, 3.8) is 0 Å². The molecule has 1 atom stereocenters. The van der Waals surface area contributed by atoms with Crippen LogP contribution in [-0.2, 0) is 0 Å². The van der Waals surface area contributed by atoms with E-state index in [-0.39, 0.29) is 6.04 Å². The highest BCUT2D eigenvalue weighted by Gasteiger charge is 2.11. The summed E-state index contributed by atoms with van der Waals surface area (Å²) in [6, 6.07) is 13.8. The molecule has 0 fully saturated rings. The van der Waals surface area contributed by atoms with Gasteiger partial charge in [0.2, 0.25) is 0 Å². The standard InChI is InChI=1S/C14H16ClN3/c1-2-12(10-6-4-3-5-7-10)17-14-11(16)8-9-13(15)18-14/h3-9,12H,2,16H2,1H3,(H,17,18). The molecule has 1 heterocycles. The molecule has 94 valence electrons. The van der Waals surface area contributed by atoms with Crippen LogP contribution in [-0.4, -0.2) is 4.98 Å². The van der Waals surface area contributed by atoms with Crippen LogP contribution in [0.4, 0.5) is 11.5 Å². The maximum Gasteiger partial charge on any atom is 0.151 e. The minimum absolute atomic E-state index is 0.180. The maximum absolute atomic E-state index is 5.89. The van der Waals surface area contributed by atoms with Gasteiger partial charge in [-0.1, -0.05) is 48.9 Å². The molecule has 0 saturated heterocycles. The van der Waals surface area contributed by atoms with E-state index in [2.05, 4.69) is 29.4 Å². The number of hydrogen-bond acceptors (Lipinski definition) is 3. The third-order valence-corrected chi connectivity index (χ3v) is 3.02. The molecule has 0 amide bonds. The molecule has 1 aromatic heterocycles. The molecule has 0 spiro atoms. The van der Waals surface area contributed by atoms with Crippen molar-refractivity contribution in [2.75, 3.05) is 11.1 Å². The molecule has 0 bridgehead atoms. The average Bonchev–Trinajstić information content (AvgIpc) is 2.41. The number of benzene rings is 1. The zero-order valence-electron chi connectivity index (χ0n) is 10.2. The van der Waals surface area contributed by atoms with E-state index in [4.69, 9.17) is 17.3 Å². The van der Waals surface area contributed by atoms with E-state index in [1.165, 1.54) is 5.56 Å². The molecule has 3 N–H and O–H groups in total. The summed E-state index contributed by atoms with van der Waals surface area (Å²) in [5.74, 6) is 0.637. The first-order chi connectivity index (χ1) is 8.70. The predicted octanol–water partition coefficient (Wildman–Crippen LogP) is 3.88. The molecule has 0 radical (unpaired) electrons. The van der Waals surface area contributed by atoms with Crippen molar-refractivity contribution in [1.82, 2.24) is 4.98 Å². The maximum atomic E-state index is 5.89. The van der Waals surface area contributed by atoms with Gasteiger partial charge in [-0.15, -0.1) is 0 Å². The number of halogens is 1. The van der Waals surface area contributed by atoms with Crippen molar-refractivity contribution in [1.29, 1.82) is 0 Å². The molecular formula is C14H16ClN3. The monoisotopic (exact) mass is 261 g/mol. The number of nitrogens with one attached hydrogen (secondary N) is 1. The number of hydrogen-bond donors (Lipinski definition) is 2. The second-order valence-corrected chi connectivity index (χ2v) is 4.47. The van der Waals surface area contributed by atoms with Crippen LogP contribution < -0.4 is 11.1 Å². The lowest BCUT2D eigenvalue weighted by Gasteiger charge is -2.19. The minimum atomic E-state index is 0.180. The van der Waals surface area contributed by atoms with Crippen LogP contribution in [0.3, 0.4) is 0 Å². The molecule has 2 aromatic rings. The molecule has 0 saturated carbocycles. The van der Waals surface area contributed by atoms with E-state index in [1.54, 1.807) is 12.1 Å². The van der Waals surface area contributed by atoms with Gasteiger partial charge in [0.05, 0.1) is 11.7 Å². The third kappa shape index (κ3) is 2.93. The second-order valence-electron chi connectivity index (χ2n) is 4.09. The zero-order chi connectivity index (χ0) is 13.0. The van der Waals surface area contributed by atoms with Crippen LogP contribution >= 0.6 is 11.6 Å². The summed E-state index contributed by atoms with van der Waals surface area (Å²) in [7, 11) is 0. The van der Waals surface area contributed by atoms with Crippen molar-refractivity contribution >= 4 is 23.1 Å². The van der Waals surface area contributed by atoms with Gasteiger partial charge in [-0.05, 0) is 24.1 Å². The Balaban J connectivity index is 2.23. The number of pyridine rings is 1. The fraction of sp³-hybridized carbons (Fsp3) is 0.214. The molecule has 3 nitrogen and oxygen atoms in total. The van der Waals surface area contributed by atoms with Gasteiger partial charge in [0.1, 0.15) is 5.15 Å². The van der Waals surface area contributed by atoms with Crippen molar-refractivity contribution in [3.8, 4) is 0 Å². The summed E-state index contributed by atoms with van der Waals surface area (Å²) in [6.07, 6.45) is 0.942. The highest BCUT2D eigenvalue weighted by Crippen LogP contribution is 2.25. The van der Waals surface area contributed by atoms with Crippen LogP contribution in [0.1, 0.15) is 24.9 Å². The lowest BCUT2D eigenvalue weighted by Crippen LogP contribution is -2.12. The second kappa shape index (κ2) is 5.74. The zero-order valence-corrected chi connectivity index (χ0v) is 11.0. The lowest BCUT2D eigenvalue weighted by atomic mass is 10.0. The average molecular weight is 262 g/mol. The number of rotatable bonds is 4. The van der Waals surface area contributed by atoms with Gasteiger partial charge in [-0.2, -0.15) is 0 Å². The van der Waals surface area contributed by atoms with Crippen LogP contribution in [0, 0.1) is 0 Å². The Morgan fingerprint density at radius 3 is 2.61 bits per heavy atom. The van der Waals surface area contributed by atoms with Gasteiger partial charge in [0, 0.05) is 0 Å². The Hall–Kier alpha value is -1.74. The Kier molecular flexibility index (Phi) is 4.05. The summed E-state index contributed by atoms with van der Waals surface area (Å²) in [5, 5.41) is 3.77. The highest BCUT2D eigenvalue weighted by atomic mass is 35.5. The number of anilines is 2. The van der Waals surface area contributed by atoms with E-state index in [9.17, 15) is 0 Å². The quantitative estimate of drug-likeness (QED) is 0.821. The molecule has 0 aliphatic carbocycles. The van der Waals surface area contributed by atoms with E-state index < -0.39 is 0 Å². The smallest absolute Gasteiger partial charge is 0.151 e. The van der Waals surface area contributed by atoms with E-state index >= 15 is 0 Å². The Morgan fingerprint density at radius 1 is 1.22 bits per heavy atom. The van der Waals surface area contributed by atoms with Gasteiger partial charge < -0.3 is 11.1 Å². The molecule has 1 unspecified atom stereocenters. The molecule has 1 aromatic carbocycles. The van der Waals surface area contributed by atoms with E-state index in [0.29, 0.717) is 16.7 Å². The number of nitrogens with two attached hydrogens (primary N) is 1. The summed E-state index contributed by atoms with van der Waals surface area (Å²) in [6.45, 7) is 2.12. The fourth-order valence-electron chi connectivity index (χ4n) is 1.83. The van der Waals surface area contributed by atoms with Crippen molar-refractivity contribution in [3.05, 3.63) is 53.2 Å². The third-order valence-electron chi connectivity index (χ3n) is 2.81. The van der Waals surface area contributed by atoms with Crippen molar-refractivity contribution < 1.29 is 0 Å². The first kappa shape index (κ1) is 12.7. The van der Waals surface area contributed by atoms with E-state index in [1.807, 2.05) is 18.2 Å². The van der Waals surface area contributed by atoms with Gasteiger partial charge >= 0.3 is 0 Å². The topological polar surface area (TPSA) is 50.9 Å². The van der Waals surface area contributed by atoms with E-state index in [0.717, 1.165) is 6.42 Å². The molecule has 0 aliphatic heterocycles. The molecule has 0 aliphatic rings. The van der Waals surface area contributed by atoms with Gasteiger partial charge in [-0.3, -0.25) is 0 Å². The normalized spacial score (nSPS) is 12.1. The molecular weight excluding hydrogens is 246 g/mol.